The molecule has 0 aliphatic carbocycles. The Bertz CT molecular complexity index is 402. The smallest absolute Gasteiger partial charge is 0.123 e. The fourth-order valence-corrected chi connectivity index (χ4v) is 2.82. The summed E-state index contributed by atoms with van der Waals surface area (Å²) in [6, 6.07) is 5.40. The first-order chi connectivity index (χ1) is 9.22. The summed E-state index contributed by atoms with van der Waals surface area (Å²) in [7, 11) is 0. The zero-order valence-electron chi connectivity index (χ0n) is 11.9. The SMILES string of the molecule is CCCC(CCC1Cc2cc(F)ccc2O1)NCC. The Morgan fingerprint density at radius 3 is 2.95 bits per heavy atom. The van der Waals surface area contributed by atoms with Crippen LogP contribution in [0.2, 0.25) is 0 Å². The minimum Gasteiger partial charge on any atom is -0.490 e. The van der Waals surface area contributed by atoms with Gasteiger partial charge in [0.25, 0.3) is 0 Å². The van der Waals surface area contributed by atoms with Crippen LogP contribution in [0.4, 0.5) is 4.39 Å². The second kappa shape index (κ2) is 6.90. The molecule has 2 rings (SSSR count). The van der Waals surface area contributed by atoms with Crippen LogP contribution in [0.25, 0.3) is 0 Å². The molecule has 106 valence electrons. The molecule has 1 aliphatic rings. The first-order valence-corrected chi connectivity index (χ1v) is 7.41. The van der Waals surface area contributed by atoms with Crippen LogP contribution in [0, 0.1) is 5.82 Å². The maximum absolute atomic E-state index is 13.1. The minimum atomic E-state index is -0.167. The van der Waals surface area contributed by atoms with E-state index in [4.69, 9.17) is 4.74 Å². The third-order valence-electron chi connectivity index (χ3n) is 3.73. The fraction of sp³-hybridized carbons (Fsp3) is 0.625. The maximum atomic E-state index is 13.1. The van der Waals surface area contributed by atoms with E-state index in [1.807, 2.05) is 0 Å². The molecule has 2 atom stereocenters. The van der Waals surface area contributed by atoms with Crippen LogP contribution in [-0.4, -0.2) is 18.7 Å². The van der Waals surface area contributed by atoms with Crippen molar-refractivity contribution < 1.29 is 9.13 Å². The van der Waals surface area contributed by atoms with Gasteiger partial charge in [0.15, 0.2) is 0 Å². The molecule has 3 heteroatoms. The predicted molar refractivity (Wildman–Crippen MR) is 76.1 cm³/mol. The van der Waals surface area contributed by atoms with Crippen molar-refractivity contribution in [2.24, 2.45) is 0 Å². The van der Waals surface area contributed by atoms with Gasteiger partial charge in [-0.25, -0.2) is 4.39 Å². The van der Waals surface area contributed by atoms with E-state index in [1.54, 1.807) is 12.1 Å². The highest BCUT2D eigenvalue weighted by Gasteiger charge is 2.23. The van der Waals surface area contributed by atoms with Crippen molar-refractivity contribution in [3.63, 3.8) is 0 Å². The molecule has 19 heavy (non-hydrogen) atoms. The van der Waals surface area contributed by atoms with Crippen molar-refractivity contribution in [3.8, 4) is 5.75 Å². The Morgan fingerprint density at radius 1 is 1.37 bits per heavy atom. The van der Waals surface area contributed by atoms with Gasteiger partial charge in [-0.2, -0.15) is 0 Å². The molecule has 1 N–H and O–H groups in total. The van der Waals surface area contributed by atoms with Gasteiger partial charge in [-0.3, -0.25) is 0 Å². The van der Waals surface area contributed by atoms with E-state index in [1.165, 1.54) is 18.9 Å². The zero-order valence-corrected chi connectivity index (χ0v) is 11.9. The van der Waals surface area contributed by atoms with Crippen LogP contribution >= 0.6 is 0 Å². The van der Waals surface area contributed by atoms with Crippen molar-refractivity contribution in [1.29, 1.82) is 0 Å². The van der Waals surface area contributed by atoms with Gasteiger partial charge in [-0.05, 0) is 44.0 Å². The number of benzene rings is 1. The van der Waals surface area contributed by atoms with Gasteiger partial charge in [0.05, 0.1) is 0 Å². The Labute approximate surface area is 115 Å². The van der Waals surface area contributed by atoms with Gasteiger partial charge in [0.2, 0.25) is 0 Å². The van der Waals surface area contributed by atoms with Crippen LogP contribution < -0.4 is 10.1 Å². The first-order valence-electron chi connectivity index (χ1n) is 7.41. The van der Waals surface area contributed by atoms with Gasteiger partial charge in [0, 0.05) is 18.0 Å². The Balaban J connectivity index is 1.82. The molecular formula is C16H24FNO. The molecule has 1 aliphatic heterocycles. The van der Waals surface area contributed by atoms with Crippen LogP contribution in [0.3, 0.4) is 0 Å². The number of rotatable bonds is 7. The standard InChI is InChI=1S/C16H24FNO/c1-3-5-14(18-4-2)7-8-15-11-12-10-13(17)6-9-16(12)19-15/h6,9-10,14-15,18H,3-5,7-8,11H2,1-2H3. The highest BCUT2D eigenvalue weighted by molar-refractivity contribution is 5.37. The van der Waals surface area contributed by atoms with Crippen molar-refractivity contribution in [3.05, 3.63) is 29.6 Å². The Morgan fingerprint density at radius 2 is 2.21 bits per heavy atom. The van der Waals surface area contributed by atoms with E-state index in [-0.39, 0.29) is 11.9 Å². The van der Waals surface area contributed by atoms with Crippen LogP contribution in [0.1, 0.15) is 45.1 Å². The van der Waals surface area contributed by atoms with Crippen molar-refractivity contribution in [1.82, 2.24) is 5.32 Å². The molecule has 0 saturated carbocycles. The van der Waals surface area contributed by atoms with Crippen molar-refractivity contribution in [2.45, 2.75) is 58.1 Å². The van der Waals surface area contributed by atoms with Crippen molar-refractivity contribution >= 4 is 0 Å². The summed E-state index contributed by atoms with van der Waals surface area (Å²) in [5.74, 6) is 0.696. The molecule has 1 heterocycles. The van der Waals surface area contributed by atoms with Gasteiger partial charge in [0.1, 0.15) is 17.7 Å². The van der Waals surface area contributed by atoms with Crippen LogP contribution in [0.5, 0.6) is 5.75 Å². The number of hydrogen-bond acceptors (Lipinski definition) is 2. The Hall–Kier alpha value is -1.09. The summed E-state index contributed by atoms with van der Waals surface area (Å²) in [5.41, 5.74) is 1.01. The second-order valence-corrected chi connectivity index (χ2v) is 5.32. The average molecular weight is 265 g/mol. The summed E-state index contributed by atoms with van der Waals surface area (Å²) >= 11 is 0. The largest absolute Gasteiger partial charge is 0.490 e. The molecule has 1 aromatic rings. The molecule has 0 amide bonds. The second-order valence-electron chi connectivity index (χ2n) is 5.32. The lowest BCUT2D eigenvalue weighted by molar-refractivity contribution is 0.209. The molecule has 0 saturated heterocycles. The lowest BCUT2D eigenvalue weighted by Gasteiger charge is -2.19. The topological polar surface area (TPSA) is 21.3 Å². The summed E-state index contributed by atoms with van der Waals surface area (Å²) in [6.45, 7) is 5.38. The summed E-state index contributed by atoms with van der Waals surface area (Å²) in [4.78, 5) is 0. The third kappa shape index (κ3) is 3.93. The molecule has 0 aromatic heterocycles. The molecule has 0 radical (unpaired) electrons. The quantitative estimate of drug-likeness (QED) is 0.812. The molecular weight excluding hydrogens is 241 g/mol. The molecule has 2 unspecified atom stereocenters. The summed E-state index contributed by atoms with van der Waals surface area (Å²) < 4.78 is 19.0. The van der Waals surface area contributed by atoms with E-state index >= 15 is 0 Å². The molecule has 0 bridgehead atoms. The number of hydrogen-bond donors (Lipinski definition) is 1. The summed E-state index contributed by atoms with van der Waals surface area (Å²) in [6.07, 6.45) is 5.64. The molecule has 2 nitrogen and oxygen atoms in total. The lowest BCUT2D eigenvalue weighted by Crippen LogP contribution is -2.30. The number of ether oxygens (including phenoxy) is 1. The van der Waals surface area contributed by atoms with E-state index < -0.39 is 0 Å². The average Bonchev–Trinajstić information content (AvgIpc) is 2.78. The fourth-order valence-electron chi connectivity index (χ4n) is 2.82. The van der Waals surface area contributed by atoms with E-state index in [0.29, 0.717) is 6.04 Å². The van der Waals surface area contributed by atoms with Crippen molar-refractivity contribution in [2.75, 3.05) is 6.54 Å². The van der Waals surface area contributed by atoms with E-state index in [9.17, 15) is 4.39 Å². The lowest BCUT2D eigenvalue weighted by atomic mass is 10.0. The van der Waals surface area contributed by atoms with Gasteiger partial charge >= 0.3 is 0 Å². The van der Waals surface area contributed by atoms with Crippen LogP contribution in [-0.2, 0) is 6.42 Å². The van der Waals surface area contributed by atoms with Crippen LogP contribution in [0.15, 0.2) is 18.2 Å². The number of fused-ring (bicyclic) bond motifs is 1. The van der Waals surface area contributed by atoms with Gasteiger partial charge in [-0.1, -0.05) is 20.3 Å². The maximum Gasteiger partial charge on any atom is 0.123 e. The normalized spacial score (nSPS) is 19.0. The number of nitrogens with one attached hydrogen (secondary N) is 1. The predicted octanol–water partition coefficient (Wildman–Crippen LogP) is 3.69. The zero-order chi connectivity index (χ0) is 13.7. The highest BCUT2D eigenvalue weighted by atomic mass is 19.1. The molecule has 1 aromatic carbocycles. The van der Waals surface area contributed by atoms with E-state index in [2.05, 4.69) is 19.2 Å². The Kier molecular flexibility index (Phi) is 5.20. The minimum absolute atomic E-state index is 0.167. The van der Waals surface area contributed by atoms with Gasteiger partial charge in [-0.15, -0.1) is 0 Å². The molecule has 0 spiro atoms. The monoisotopic (exact) mass is 265 g/mol. The third-order valence-corrected chi connectivity index (χ3v) is 3.73. The highest BCUT2D eigenvalue weighted by Crippen LogP contribution is 2.31. The first kappa shape index (κ1) is 14.3. The van der Waals surface area contributed by atoms with E-state index in [0.717, 1.165) is 37.1 Å². The van der Waals surface area contributed by atoms with Gasteiger partial charge < -0.3 is 10.1 Å². The summed E-state index contributed by atoms with van der Waals surface area (Å²) in [5, 5.41) is 3.52. The number of halogens is 1. The molecule has 0 fully saturated rings.